The summed E-state index contributed by atoms with van der Waals surface area (Å²) in [6, 6.07) is 12.4. The van der Waals surface area contributed by atoms with E-state index in [1.165, 1.54) is 30.1 Å². The van der Waals surface area contributed by atoms with E-state index >= 15 is 0 Å². The molecule has 7 heteroatoms. The third kappa shape index (κ3) is 4.52. The lowest BCUT2D eigenvalue weighted by atomic mass is 10.1. The Kier molecular flexibility index (Phi) is 5.72. The van der Waals surface area contributed by atoms with Crippen LogP contribution in [0.1, 0.15) is 29.5 Å². The summed E-state index contributed by atoms with van der Waals surface area (Å²) in [5.41, 5.74) is 0.880. The zero-order chi connectivity index (χ0) is 20.3. The van der Waals surface area contributed by atoms with E-state index in [4.69, 9.17) is 0 Å². The van der Waals surface area contributed by atoms with E-state index in [0.717, 1.165) is 23.7 Å². The first-order valence-corrected chi connectivity index (χ1v) is 9.04. The standard InChI is InChI=1S/C21H21F3N2O2/c1-25(14-16-5-2-3-6-18(16)21(22,23)24)20(28)13-15-8-10-17(11-9-15)26-12-4-7-19(26)27/h2-3,5-6,8-11H,4,7,12-14H2,1H3. The van der Waals surface area contributed by atoms with E-state index < -0.39 is 11.7 Å². The Balaban J connectivity index is 1.64. The molecule has 0 aliphatic carbocycles. The van der Waals surface area contributed by atoms with E-state index in [1.807, 2.05) is 0 Å². The van der Waals surface area contributed by atoms with Crippen LogP contribution < -0.4 is 4.90 Å². The number of likely N-dealkylation sites (N-methyl/N-ethyl adjacent to an activating group) is 1. The van der Waals surface area contributed by atoms with Gasteiger partial charge in [-0.15, -0.1) is 0 Å². The van der Waals surface area contributed by atoms with Crippen molar-refractivity contribution in [2.75, 3.05) is 18.5 Å². The van der Waals surface area contributed by atoms with Crippen LogP contribution in [0.25, 0.3) is 0 Å². The first kappa shape index (κ1) is 19.9. The van der Waals surface area contributed by atoms with Gasteiger partial charge in [-0.3, -0.25) is 9.59 Å². The van der Waals surface area contributed by atoms with Crippen LogP contribution in [0.15, 0.2) is 48.5 Å². The summed E-state index contributed by atoms with van der Waals surface area (Å²) in [6.45, 7) is 0.577. The summed E-state index contributed by atoms with van der Waals surface area (Å²) >= 11 is 0. The minimum Gasteiger partial charge on any atom is -0.341 e. The molecule has 0 bridgehead atoms. The van der Waals surface area contributed by atoms with E-state index in [9.17, 15) is 22.8 Å². The van der Waals surface area contributed by atoms with Gasteiger partial charge >= 0.3 is 6.18 Å². The highest BCUT2D eigenvalue weighted by atomic mass is 19.4. The number of carbonyl (C=O) groups excluding carboxylic acids is 2. The molecule has 3 rings (SSSR count). The summed E-state index contributed by atoms with van der Waals surface area (Å²) < 4.78 is 39.3. The van der Waals surface area contributed by atoms with Gasteiger partial charge in [-0.1, -0.05) is 30.3 Å². The van der Waals surface area contributed by atoms with Crippen molar-refractivity contribution in [2.24, 2.45) is 0 Å². The van der Waals surface area contributed by atoms with Crippen molar-refractivity contribution in [3.05, 3.63) is 65.2 Å². The molecule has 4 nitrogen and oxygen atoms in total. The van der Waals surface area contributed by atoms with Crippen LogP contribution in [0.2, 0.25) is 0 Å². The van der Waals surface area contributed by atoms with Crippen molar-refractivity contribution in [3.8, 4) is 0 Å². The van der Waals surface area contributed by atoms with E-state index in [-0.39, 0.29) is 30.3 Å². The predicted molar refractivity (Wildman–Crippen MR) is 99.7 cm³/mol. The third-order valence-corrected chi connectivity index (χ3v) is 4.83. The van der Waals surface area contributed by atoms with Gasteiger partial charge in [0, 0.05) is 32.2 Å². The van der Waals surface area contributed by atoms with Gasteiger partial charge in [0.15, 0.2) is 0 Å². The normalized spacial score (nSPS) is 14.4. The van der Waals surface area contributed by atoms with Crippen molar-refractivity contribution >= 4 is 17.5 Å². The highest BCUT2D eigenvalue weighted by Crippen LogP contribution is 2.32. The quantitative estimate of drug-likeness (QED) is 0.773. The highest BCUT2D eigenvalue weighted by Gasteiger charge is 2.33. The van der Waals surface area contributed by atoms with E-state index in [1.54, 1.807) is 29.2 Å². The van der Waals surface area contributed by atoms with Gasteiger partial charge in [0.2, 0.25) is 11.8 Å². The topological polar surface area (TPSA) is 40.6 Å². The Morgan fingerprint density at radius 1 is 1.11 bits per heavy atom. The molecule has 0 spiro atoms. The molecule has 2 aromatic carbocycles. The predicted octanol–water partition coefficient (Wildman–Crippen LogP) is 4.03. The third-order valence-electron chi connectivity index (χ3n) is 4.83. The molecule has 0 atom stereocenters. The summed E-state index contributed by atoms with van der Waals surface area (Å²) in [4.78, 5) is 27.2. The molecule has 2 amide bonds. The van der Waals surface area contributed by atoms with Crippen molar-refractivity contribution in [3.63, 3.8) is 0 Å². The number of amides is 2. The molecular formula is C21H21F3N2O2. The average Bonchev–Trinajstić information content (AvgIpc) is 3.08. The summed E-state index contributed by atoms with van der Waals surface area (Å²) in [7, 11) is 1.49. The lowest BCUT2D eigenvalue weighted by molar-refractivity contribution is -0.139. The van der Waals surface area contributed by atoms with Crippen LogP contribution in [0.5, 0.6) is 0 Å². The second-order valence-electron chi connectivity index (χ2n) is 6.90. The van der Waals surface area contributed by atoms with Gasteiger partial charge < -0.3 is 9.80 Å². The molecule has 1 aliphatic rings. The first-order valence-electron chi connectivity index (χ1n) is 9.04. The highest BCUT2D eigenvalue weighted by molar-refractivity contribution is 5.95. The minimum absolute atomic E-state index is 0.0637. The van der Waals surface area contributed by atoms with Gasteiger partial charge in [-0.2, -0.15) is 13.2 Å². The number of nitrogens with zero attached hydrogens (tertiary/aromatic N) is 2. The SMILES string of the molecule is CN(Cc1ccccc1C(F)(F)F)C(=O)Cc1ccc(N2CCCC2=O)cc1. The van der Waals surface area contributed by atoms with Crippen molar-refractivity contribution in [2.45, 2.75) is 32.0 Å². The number of alkyl halides is 3. The smallest absolute Gasteiger partial charge is 0.341 e. The molecule has 0 saturated carbocycles. The summed E-state index contributed by atoms with van der Waals surface area (Å²) in [6.07, 6.45) is -2.99. The number of hydrogen-bond donors (Lipinski definition) is 0. The molecular weight excluding hydrogens is 369 g/mol. The maximum absolute atomic E-state index is 13.1. The Hall–Kier alpha value is -2.83. The second kappa shape index (κ2) is 8.04. The van der Waals surface area contributed by atoms with Crippen molar-refractivity contribution < 1.29 is 22.8 Å². The van der Waals surface area contributed by atoms with Crippen LogP contribution in [-0.2, 0) is 28.7 Å². The fourth-order valence-electron chi connectivity index (χ4n) is 3.30. The molecule has 1 aliphatic heterocycles. The van der Waals surface area contributed by atoms with Crippen molar-refractivity contribution in [1.82, 2.24) is 4.90 Å². The average molecular weight is 390 g/mol. The maximum Gasteiger partial charge on any atom is 0.416 e. The van der Waals surface area contributed by atoms with Crippen LogP contribution in [-0.4, -0.2) is 30.3 Å². The molecule has 1 fully saturated rings. The fraction of sp³-hybridized carbons (Fsp3) is 0.333. The monoisotopic (exact) mass is 390 g/mol. The van der Waals surface area contributed by atoms with Gasteiger partial charge in [-0.25, -0.2) is 0 Å². The Labute approximate surface area is 161 Å². The lowest BCUT2D eigenvalue weighted by Gasteiger charge is -2.20. The number of rotatable bonds is 5. The number of carbonyl (C=O) groups is 2. The molecule has 1 heterocycles. The molecule has 28 heavy (non-hydrogen) atoms. The van der Waals surface area contributed by atoms with Gasteiger partial charge in [0.05, 0.1) is 12.0 Å². The summed E-state index contributed by atoms with van der Waals surface area (Å²) in [5.74, 6) is -0.186. The van der Waals surface area contributed by atoms with Crippen LogP contribution in [0.3, 0.4) is 0 Å². The molecule has 0 radical (unpaired) electrons. The number of benzene rings is 2. The van der Waals surface area contributed by atoms with Gasteiger partial charge in [-0.05, 0) is 35.7 Å². The second-order valence-corrected chi connectivity index (χ2v) is 6.90. The fourth-order valence-corrected chi connectivity index (χ4v) is 3.30. The Morgan fingerprint density at radius 3 is 2.39 bits per heavy atom. The first-order chi connectivity index (χ1) is 13.3. The largest absolute Gasteiger partial charge is 0.416 e. The minimum atomic E-state index is -4.46. The van der Waals surface area contributed by atoms with Crippen LogP contribution >= 0.6 is 0 Å². The van der Waals surface area contributed by atoms with Crippen LogP contribution in [0, 0.1) is 0 Å². The van der Waals surface area contributed by atoms with Gasteiger partial charge in [0.1, 0.15) is 0 Å². The van der Waals surface area contributed by atoms with Crippen molar-refractivity contribution in [1.29, 1.82) is 0 Å². The molecule has 1 saturated heterocycles. The molecule has 0 unspecified atom stereocenters. The number of anilines is 1. The number of halogens is 3. The lowest BCUT2D eigenvalue weighted by Crippen LogP contribution is -2.29. The Morgan fingerprint density at radius 2 is 1.79 bits per heavy atom. The zero-order valence-corrected chi connectivity index (χ0v) is 15.5. The molecule has 148 valence electrons. The number of hydrogen-bond acceptors (Lipinski definition) is 2. The Bertz CT molecular complexity index is 863. The molecule has 0 aromatic heterocycles. The van der Waals surface area contributed by atoms with E-state index in [2.05, 4.69) is 0 Å². The van der Waals surface area contributed by atoms with Gasteiger partial charge in [0.25, 0.3) is 0 Å². The molecule has 2 aromatic rings. The van der Waals surface area contributed by atoms with Crippen LogP contribution in [0.4, 0.5) is 18.9 Å². The van der Waals surface area contributed by atoms with E-state index in [0.29, 0.717) is 13.0 Å². The summed E-state index contributed by atoms with van der Waals surface area (Å²) in [5, 5.41) is 0. The maximum atomic E-state index is 13.1. The molecule has 0 N–H and O–H groups in total. The zero-order valence-electron chi connectivity index (χ0n) is 15.5.